The number of hydrogen-bond acceptors (Lipinski definition) is 4. The van der Waals surface area contributed by atoms with Crippen LogP contribution >= 0.6 is 11.3 Å². The Morgan fingerprint density at radius 1 is 1.55 bits per heavy atom. The molecule has 2 N–H and O–H groups in total. The van der Waals surface area contributed by atoms with E-state index < -0.39 is 0 Å². The first kappa shape index (κ1) is 6.54. The van der Waals surface area contributed by atoms with E-state index in [0.717, 1.165) is 15.9 Å². The van der Waals surface area contributed by atoms with E-state index in [9.17, 15) is 0 Å². The van der Waals surface area contributed by atoms with Gasteiger partial charge in [-0.15, -0.1) is 0 Å². The molecule has 0 aliphatic rings. The van der Waals surface area contributed by atoms with Gasteiger partial charge >= 0.3 is 0 Å². The molecule has 3 nitrogen and oxygen atoms in total. The van der Waals surface area contributed by atoms with Crippen molar-refractivity contribution in [1.29, 1.82) is 0 Å². The summed E-state index contributed by atoms with van der Waals surface area (Å²) >= 11 is 1.42. The molecule has 0 spiro atoms. The van der Waals surface area contributed by atoms with Gasteiger partial charge in [0, 0.05) is 6.20 Å². The van der Waals surface area contributed by atoms with E-state index in [2.05, 4.69) is 9.97 Å². The predicted molar refractivity (Wildman–Crippen MR) is 46.6 cm³/mol. The summed E-state index contributed by atoms with van der Waals surface area (Å²) in [7, 11) is 0. The van der Waals surface area contributed by atoms with Crippen LogP contribution in [0.1, 0.15) is 5.56 Å². The van der Waals surface area contributed by atoms with E-state index in [1.807, 2.05) is 19.2 Å². The number of hydrogen-bond donors (Lipinski definition) is 1. The summed E-state index contributed by atoms with van der Waals surface area (Å²) in [5, 5.41) is 0.582. The largest absolute Gasteiger partial charge is 0.375 e. The Labute approximate surface area is 67.9 Å². The van der Waals surface area contributed by atoms with Crippen molar-refractivity contribution >= 4 is 26.8 Å². The van der Waals surface area contributed by atoms with Crippen molar-refractivity contribution in [1.82, 2.24) is 9.97 Å². The van der Waals surface area contributed by atoms with Crippen LogP contribution in [0.15, 0.2) is 12.3 Å². The lowest BCUT2D eigenvalue weighted by Crippen LogP contribution is -1.79. The Morgan fingerprint density at radius 3 is 3.18 bits per heavy atom. The van der Waals surface area contributed by atoms with Gasteiger partial charge in [0.1, 0.15) is 10.3 Å². The SMILES string of the molecule is Cc1cnc2sc(N)nc2c1. The number of rotatable bonds is 0. The first-order chi connectivity index (χ1) is 5.25. The number of anilines is 1. The van der Waals surface area contributed by atoms with E-state index in [4.69, 9.17) is 5.73 Å². The Balaban J connectivity index is 2.82. The maximum Gasteiger partial charge on any atom is 0.182 e. The quantitative estimate of drug-likeness (QED) is 0.644. The Bertz CT molecular complexity index is 393. The summed E-state index contributed by atoms with van der Waals surface area (Å²) in [6.45, 7) is 1.99. The Hall–Kier alpha value is -1.16. The number of pyridine rings is 1. The second kappa shape index (κ2) is 2.17. The van der Waals surface area contributed by atoms with Crippen molar-refractivity contribution in [3.8, 4) is 0 Å². The highest BCUT2D eigenvalue weighted by Gasteiger charge is 2.00. The van der Waals surface area contributed by atoms with E-state index in [0.29, 0.717) is 5.13 Å². The fraction of sp³-hybridized carbons (Fsp3) is 0.143. The lowest BCUT2D eigenvalue weighted by Gasteiger charge is -1.87. The lowest BCUT2D eigenvalue weighted by atomic mass is 10.3. The van der Waals surface area contributed by atoms with Crippen molar-refractivity contribution in [2.75, 3.05) is 5.73 Å². The molecule has 0 radical (unpaired) electrons. The van der Waals surface area contributed by atoms with Gasteiger partial charge in [-0.05, 0) is 18.6 Å². The molecule has 2 rings (SSSR count). The molecular formula is C7H7N3S. The second-order valence-corrected chi connectivity index (χ2v) is 3.40. The second-order valence-electron chi connectivity index (χ2n) is 2.39. The molecule has 0 aromatic carbocycles. The van der Waals surface area contributed by atoms with E-state index >= 15 is 0 Å². The summed E-state index contributed by atoms with van der Waals surface area (Å²) in [5.41, 5.74) is 7.52. The number of fused-ring (bicyclic) bond motifs is 1. The first-order valence-corrected chi connectivity index (χ1v) is 4.06. The molecule has 0 amide bonds. The van der Waals surface area contributed by atoms with Gasteiger partial charge in [0.05, 0.1) is 0 Å². The van der Waals surface area contributed by atoms with Gasteiger partial charge in [0.2, 0.25) is 0 Å². The topological polar surface area (TPSA) is 51.8 Å². The lowest BCUT2D eigenvalue weighted by molar-refractivity contribution is 1.33. The molecular weight excluding hydrogens is 158 g/mol. The molecule has 0 saturated carbocycles. The van der Waals surface area contributed by atoms with Crippen molar-refractivity contribution in [2.24, 2.45) is 0 Å². The zero-order valence-electron chi connectivity index (χ0n) is 6.03. The van der Waals surface area contributed by atoms with Crippen molar-refractivity contribution in [3.63, 3.8) is 0 Å². The highest BCUT2D eigenvalue weighted by molar-refractivity contribution is 7.21. The maximum atomic E-state index is 5.51. The van der Waals surface area contributed by atoms with Gasteiger partial charge in [-0.3, -0.25) is 0 Å². The third-order valence-corrected chi connectivity index (χ3v) is 2.21. The molecule has 56 valence electrons. The average molecular weight is 165 g/mol. The zero-order chi connectivity index (χ0) is 7.84. The average Bonchev–Trinajstić information content (AvgIpc) is 2.27. The smallest absolute Gasteiger partial charge is 0.182 e. The van der Waals surface area contributed by atoms with Crippen LogP contribution in [0.5, 0.6) is 0 Å². The molecule has 2 aromatic heterocycles. The third kappa shape index (κ3) is 1.05. The Morgan fingerprint density at radius 2 is 2.36 bits per heavy atom. The van der Waals surface area contributed by atoms with Gasteiger partial charge in [0.15, 0.2) is 5.13 Å². The molecule has 0 bridgehead atoms. The minimum absolute atomic E-state index is 0.582. The Kier molecular flexibility index (Phi) is 1.29. The molecule has 2 aromatic rings. The number of nitrogens with two attached hydrogens (primary N) is 1. The molecule has 11 heavy (non-hydrogen) atoms. The van der Waals surface area contributed by atoms with Gasteiger partial charge in [-0.25, -0.2) is 9.97 Å². The molecule has 0 atom stereocenters. The number of aryl methyl sites for hydroxylation is 1. The molecule has 0 saturated heterocycles. The van der Waals surface area contributed by atoms with Gasteiger partial charge < -0.3 is 5.73 Å². The fourth-order valence-corrected chi connectivity index (χ4v) is 1.60. The number of nitrogen functional groups attached to an aromatic ring is 1. The number of nitrogens with zero attached hydrogens (tertiary/aromatic N) is 2. The van der Waals surface area contributed by atoms with E-state index in [1.165, 1.54) is 11.3 Å². The highest BCUT2D eigenvalue weighted by Crippen LogP contribution is 2.21. The van der Waals surface area contributed by atoms with E-state index in [-0.39, 0.29) is 0 Å². The predicted octanol–water partition coefficient (Wildman–Crippen LogP) is 1.58. The number of thiazole rings is 1. The van der Waals surface area contributed by atoms with Crippen LogP contribution < -0.4 is 5.73 Å². The molecule has 0 aliphatic carbocycles. The van der Waals surface area contributed by atoms with Crippen LogP contribution in [-0.2, 0) is 0 Å². The zero-order valence-corrected chi connectivity index (χ0v) is 6.85. The molecule has 0 unspecified atom stereocenters. The number of aromatic nitrogens is 2. The van der Waals surface area contributed by atoms with Gasteiger partial charge in [-0.2, -0.15) is 0 Å². The minimum Gasteiger partial charge on any atom is -0.375 e. The summed E-state index contributed by atoms with van der Waals surface area (Å²) in [6, 6.07) is 1.98. The summed E-state index contributed by atoms with van der Waals surface area (Å²) in [6.07, 6.45) is 1.82. The van der Waals surface area contributed by atoms with Crippen LogP contribution in [0, 0.1) is 6.92 Å². The van der Waals surface area contributed by atoms with Gasteiger partial charge in [0.25, 0.3) is 0 Å². The first-order valence-electron chi connectivity index (χ1n) is 3.24. The summed E-state index contributed by atoms with van der Waals surface area (Å²) in [4.78, 5) is 9.20. The summed E-state index contributed by atoms with van der Waals surface area (Å²) in [5.74, 6) is 0. The van der Waals surface area contributed by atoms with Crippen LogP contribution in [0.25, 0.3) is 10.3 Å². The normalized spacial score (nSPS) is 10.6. The van der Waals surface area contributed by atoms with Crippen molar-refractivity contribution < 1.29 is 0 Å². The molecule has 2 heterocycles. The monoisotopic (exact) mass is 165 g/mol. The fourth-order valence-electron chi connectivity index (χ4n) is 0.941. The molecule has 0 aliphatic heterocycles. The standard InChI is InChI=1S/C7H7N3S/c1-4-2-5-6(9-3-4)11-7(8)10-5/h2-3H,1H3,(H2,8,10). The third-order valence-electron chi connectivity index (χ3n) is 1.40. The van der Waals surface area contributed by atoms with Crippen LogP contribution in [0.3, 0.4) is 0 Å². The maximum absolute atomic E-state index is 5.51. The van der Waals surface area contributed by atoms with Crippen molar-refractivity contribution in [3.05, 3.63) is 17.8 Å². The highest BCUT2D eigenvalue weighted by atomic mass is 32.1. The summed E-state index contributed by atoms with van der Waals surface area (Å²) < 4.78 is 0. The van der Waals surface area contributed by atoms with E-state index in [1.54, 1.807) is 0 Å². The van der Waals surface area contributed by atoms with Gasteiger partial charge in [-0.1, -0.05) is 11.3 Å². The molecule has 4 heteroatoms. The minimum atomic E-state index is 0.582. The molecule has 0 fully saturated rings. The van der Waals surface area contributed by atoms with Crippen LogP contribution in [0.4, 0.5) is 5.13 Å². The van der Waals surface area contributed by atoms with Crippen molar-refractivity contribution in [2.45, 2.75) is 6.92 Å². The van der Waals surface area contributed by atoms with Crippen LogP contribution in [-0.4, -0.2) is 9.97 Å². The van der Waals surface area contributed by atoms with Crippen LogP contribution in [0.2, 0.25) is 0 Å².